The van der Waals surface area contributed by atoms with Crippen LogP contribution < -0.4 is 4.90 Å². The van der Waals surface area contributed by atoms with E-state index >= 15 is 0 Å². The second-order valence-electron chi connectivity index (χ2n) is 14.9. The minimum atomic E-state index is 0.882. The molecule has 1 aromatic heterocycles. The third-order valence-corrected chi connectivity index (χ3v) is 11.5. The minimum Gasteiger partial charge on any atom is -0.455 e. The first-order valence-electron chi connectivity index (χ1n) is 19.8. The van der Waals surface area contributed by atoms with E-state index in [2.05, 4.69) is 229 Å². The molecule has 0 fully saturated rings. The Hall–Kier alpha value is -7.68. The van der Waals surface area contributed by atoms with Crippen molar-refractivity contribution < 1.29 is 4.42 Å². The van der Waals surface area contributed by atoms with E-state index in [1.807, 2.05) is 0 Å². The fourth-order valence-electron chi connectivity index (χ4n) is 8.47. The third-order valence-electron chi connectivity index (χ3n) is 11.5. The predicted molar refractivity (Wildman–Crippen MR) is 245 cm³/mol. The maximum Gasteiger partial charge on any atom is 0.143 e. The molecule has 0 unspecified atom stereocenters. The predicted octanol–water partition coefficient (Wildman–Crippen LogP) is 16.0. The van der Waals surface area contributed by atoms with Gasteiger partial charge in [0.1, 0.15) is 11.2 Å². The molecular weight excluding hydrogens is 703 g/mol. The standard InChI is InChI=1S/C56H37NO/c1-2-10-38(11-3-1)40-18-20-41(21-19-40)42-24-30-48(31-25-42)57(49-32-26-43(27-33-49)46-23-22-39-12-4-5-14-45(39)36-46)54-17-9-8-15-50(54)47-29-34-52-53-35-28-44-13-6-7-16-51(44)56(53)58-55(52)37-47/h1-37H. The molecule has 0 saturated carbocycles. The summed E-state index contributed by atoms with van der Waals surface area (Å²) in [5.74, 6) is 0. The minimum absolute atomic E-state index is 0.882. The molecule has 0 aliphatic rings. The largest absolute Gasteiger partial charge is 0.455 e. The van der Waals surface area contributed by atoms with Crippen LogP contribution in [0.4, 0.5) is 17.1 Å². The summed E-state index contributed by atoms with van der Waals surface area (Å²) < 4.78 is 6.65. The Morgan fingerprint density at radius 3 is 1.52 bits per heavy atom. The number of rotatable bonds is 7. The van der Waals surface area contributed by atoms with E-state index in [1.165, 1.54) is 49.5 Å². The van der Waals surface area contributed by atoms with Crippen LogP contribution in [0, 0.1) is 0 Å². The third kappa shape index (κ3) is 6.00. The van der Waals surface area contributed by atoms with Crippen molar-refractivity contribution in [1.82, 2.24) is 0 Å². The second-order valence-corrected chi connectivity index (χ2v) is 14.9. The molecule has 0 amide bonds. The summed E-state index contributed by atoms with van der Waals surface area (Å²) in [6, 6.07) is 80.6. The lowest BCUT2D eigenvalue weighted by Gasteiger charge is -2.28. The highest BCUT2D eigenvalue weighted by atomic mass is 16.3. The molecule has 0 spiro atoms. The Bertz CT molecular complexity index is 3250. The van der Waals surface area contributed by atoms with Crippen LogP contribution in [0.3, 0.4) is 0 Å². The maximum absolute atomic E-state index is 6.65. The summed E-state index contributed by atoms with van der Waals surface area (Å²) in [5, 5.41) is 7.05. The van der Waals surface area contributed by atoms with Gasteiger partial charge in [-0.25, -0.2) is 0 Å². The lowest BCUT2D eigenvalue weighted by atomic mass is 9.98. The Labute approximate surface area is 337 Å². The van der Waals surface area contributed by atoms with E-state index in [-0.39, 0.29) is 0 Å². The normalized spacial score (nSPS) is 11.4. The van der Waals surface area contributed by atoms with Crippen LogP contribution in [-0.2, 0) is 0 Å². The van der Waals surface area contributed by atoms with Gasteiger partial charge in [0.05, 0.1) is 5.69 Å². The van der Waals surface area contributed by atoms with Crippen LogP contribution >= 0.6 is 0 Å². The van der Waals surface area contributed by atoms with Gasteiger partial charge in [-0.1, -0.05) is 170 Å². The summed E-state index contributed by atoms with van der Waals surface area (Å²) in [6.45, 7) is 0. The fraction of sp³-hybridized carbons (Fsp3) is 0. The highest BCUT2D eigenvalue weighted by Crippen LogP contribution is 2.44. The van der Waals surface area contributed by atoms with Gasteiger partial charge in [-0.15, -0.1) is 0 Å². The summed E-state index contributed by atoms with van der Waals surface area (Å²) >= 11 is 0. The zero-order chi connectivity index (χ0) is 38.4. The lowest BCUT2D eigenvalue weighted by Crippen LogP contribution is -2.11. The highest BCUT2D eigenvalue weighted by molar-refractivity contribution is 6.15. The van der Waals surface area contributed by atoms with Crippen molar-refractivity contribution in [3.8, 4) is 44.5 Å². The molecule has 0 N–H and O–H groups in total. The Balaban J connectivity index is 1.01. The van der Waals surface area contributed by atoms with Gasteiger partial charge in [-0.05, 0) is 110 Å². The van der Waals surface area contributed by atoms with Gasteiger partial charge >= 0.3 is 0 Å². The average Bonchev–Trinajstić information content (AvgIpc) is 3.69. The van der Waals surface area contributed by atoms with Crippen molar-refractivity contribution in [2.45, 2.75) is 0 Å². The van der Waals surface area contributed by atoms with Crippen LogP contribution in [-0.4, -0.2) is 0 Å². The van der Waals surface area contributed by atoms with E-state index in [9.17, 15) is 0 Å². The van der Waals surface area contributed by atoms with Crippen LogP contribution in [0.2, 0.25) is 0 Å². The smallest absolute Gasteiger partial charge is 0.143 e. The Morgan fingerprint density at radius 1 is 0.293 bits per heavy atom. The van der Waals surface area contributed by atoms with Gasteiger partial charge in [0.15, 0.2) is 0 Å². The van der Waals surface area contributed by atoms with Gasteiger partial charge in [0.25, 0.3) is 0 Å². The van der Waals surface area contributed by atoms with E-state index in [4.69, 9.17) is 4.42 Å². The molecule has 2 heteroatoms. The Kier molecular flexibility index (Phi) is 8.19. The molecule has 0 aliphatic heterocycles. The van der Waals surface area contributed by atoms with Crippen LogP contribution in [0.15, 0.2) is 229 Å². The van der Waals surface area contributed by atoms with Gasteiger partial charge in [0.2, 0.25) is 0 Å². The first-order valence-corrected chi connectivity index (χ1v) is 19.8. The van der Waals surface area contributed by atoms with Gasteiger partial charge < -0.3 is 9.32 Å². The molecule has 0 bridgehead atoms. The van der Waals surface area contributed by atoms with Crippen molar-refractivity contribution in [3.63, 3.8) is 0 Å². The lowest BCUT2D eigenvalue weighted by molar-refractivity contribution is 0.673. The molecule has 2 nitrogen and oxygen atoms in total. The number of para-hydroxylation sites is 1. The summed E-state index contributed by atoms with van der Waals surface area (Å²) in [6.07, 6.45) is 0. The van der Waals surface area contributed by atoms with Crippen molar-refractivity contribution in [2.75, 3.05) is 4.90 Å². The zero-order valence-electron chi connectivity index (χ0n) is 31.7. The molecule has 0 radical (unpaired) electrons. The Morgan fingerprint density at radius 2 is 0.793 bits per heavy atom. The molecule has 0 saturated heterocycles. The number of hydrogen-bond acceptors (Lipinski definition) is 2. The molecule has 1 heterocycles. The number of anilines is 3. The van der Waals surface area contributed by atoms with Gasteiger partial charge in [0, 0.05) is 33.1 Å². The summed E-state index contributed by atoms with van der Waals surface area (Å²) in [7, 11) is 0. The highest BCUT2D eigenvalue weighted by Gasteiger charge is 2.19. The molecule has 272 valence electrons. The van der Waals surface area contributed by atoms with Gasteiger partial charge in [-0.3, -0.25) is 0 Å². The number of nitrogens with zero attached hydrogens (tertiary/aromatic N) is 1. The van der Waals surface area contributed by atoms with Crippen LogP contribution in [0.1, 0.15) is 0 Å². The molecule has 11 aromatic rings. The molecule has 58 heavy (non-hydrogen) atoms. The number of furan rings is 1. The molecular formula is C56H37NO. The van der Waals surface area contributed by atoms with E-state index in [1.54, 1.807) is 0 Å². The van der Waals surface area contributed by atoms with Crippen molar-refractivity contribution >= 4 is 60.5 Å². The fourth-order valence-corrected chi connectivity index (χ4v) is 8.47. The summed E-state index contributed by atoms with van der Waals surface area (Å²) in [5.41, 5.74) is 14.4. The first-order chi connectivity index (χ1) is 28.7. The molecule has 10 aromatic carbocycles. The second kappa shape index (κ2) is 14.1. The molecule has 11 rings (SSSR count). The quantitative estimate of drug-likeness (QED) is 0.162. The first kappa shape index (κ1) is 33.6. The maximum atomic E-state index is 6.65. The van der Waals surface area contributed by atoms with E-state index in [0.717, 1.165) is 55.5 Å². The number of fused-ring (bicyclic) bond motifs is 6. The monoisotopic (exact) mass is 739 g/mol. The number of hydrogen-bond donors (Lipinski definition) is 0. The summed E-state index contributed by atoms with van der Waals surface area (Å²) in [4.78, 5) is 2.37. The van der Waals surface area contributed by atoms with E-state index < -0.39 is 0 Å². The van der Waals surface area contributed by atoms with Crippen molar-refractivity contribution in [1.29, 1.82) is 0 Å². The van der Waals surface area contributed by atoms with Crippen LogP contribution in [0.5, 0.6) is 0 Å². The van der Waals surface area contributed by atoms with Crippen molar-refractivity contribution in [3.05, 3.63) is 224 Å². The van der Waals surface area contributed by atoms with Crippen LogP contribution in [0.25, 0.3) is 88.0 Å². The average molecular weight is 740 g/mol. The molecule has 0 aliphatic carbocycles. The van der Waals surface area contributed by atoms with Crippen molar-refractivity contribution in [2.24, 2.45) is 0 Å². The SMILES string of the molecule is c1ccc(-c2ccc(-c3ccc(N(c4ccc(-c5ccc6ccccc6c5)cc4)c4ccccc4-c4ccc5c(c4)oc4c6ccccc6ccc54)cc3)cc2)cc1. The molecule has 0 atom stereocenters. The topological polar surface area (TPSA) is 16.4 Å². The number of benzene rings is 10. The van der Waals surface area contributed by atoms with Gasteiger partial charge in [-0.2, -0.15) is 0 Å². The zero-order valence-corrected chi connectivity index (χ0v) is 31.7. The van der Waals surface area contributed by atoms with E-state index in [0.29, 0.717) is 0 Å².